The lowest BCUT2D eigenvalue weighted by Crippen LogP contribution is -2.46. The van der Waals surface area contributed by atoms with E-state index in [4.69, 9.17) is 14.2 Å². The highest BCUT2D eigenvalue weighted by Crippen LogP contribution is 2.33. The quantitative estimate of drug-likeness (QED) is 0.818. The molecule has 138 valence electrons. The molecule has 25 heavy (non-hydrogen) atoms. The zero-order valence-electron chi connectivity index (χ0n) is 15.3. The van der Waals surface area contributed by atoms with Crippen LogP contribution in [0.3, 0.4) is 0 Å². The highest BCUT2D eigenvalue weighted by atomic mass is 16.5. The lowest BCUT2D eigenvalue weighted by atomic mass is 9.85. The first kappa shape index (κ1) is 18.1. The summed E-state index contributed by atoms with van der Waals surface area (Å²) in [6, 6.07) is 5.44. The van der Waals surface area contributed by atoms with Crippen LogP contribution in [0.1, 0.15) is 48.9 Å². The lowest BCUT2D eigenvalue weighted by molar-refractivity contribution is -0.0337. The average Bonchev–Trinajstić information content (AvgIpc) is 2.67. The largest absolute Gasteiger partial charge is 0.493 e. The molecule has 3 rings (SSSR count). The number of nitrogens with zero attached hydrogens (tertiary/aromatic N) is 1. The number of morpholine rings is 1. The van der Waals surface area contributed by atoms with E-state index in [-0.39, 0.29) is 12.0 Å². The van der Waals surface area contributed by atoms with Crippen molar-refractivity contribution in [2.75, 3.05) is 33.9 Å². The van der Waals surface area contributed by atoms with Crippen LogP contribution < -0.4 is 9.47 Å². The molecule has 0 aromatic heterocycles. The van der Waals surface area contributed by atoms with Crippen LogP contribution in [0.5, 0.6) is 11.5 Å². The van der Waals surface area contributed by atoms with E-state index in [1.54, 1.807) is 26.4 Å². The molecule has 0 spiro atoms. The van der Waals surface area contributed by atoms with E-state index in [0.717, 1.165) is 12.3 Å². The number of hydrogen-bond donors (Lipinski definition) is 0. The van der Waals surface area contributed by atoms with Gasteiger partial charge in [-0.15, -0.1) is 0 Å². The minimum absolute atomic E-state index is 0.00676. The van der Waals surface area contributed by atoms with E-state index in [2.05, 4.69) is 0 Å². The summed E-state index contributed by atoms with van der Waals surface area (Å²) in [5.74, 6) is 1.83. The number of methoxy groups -OCH3 is 2. The first-order valence-electron chi connectivity index (χ1n) is 9.34. The first-order chi connectivity index (χ1) is 12.2. The normalized spacial score (nSPS) is 21.8. The number of carbonyl (C=O) groups is 1. The third-order valence-electron chi connectivity index (χ3n) is 5.38. The number of amides is 1. The molecule has 5 nitrogen and oxygen atoms in total. The van der Waals surface area contributed by atoms with Gasteiger partial charge in [0.2, 0.25) is 0 Å². The van der Waals surface area contributed by atoms with Gasteiger partial charge in [0.1, 0.15) is 0 Å². The number of carbonyl (C=O) groups excluding carboxylic acids is 1. The molecule has 1 aromatic rings. The molecular weight excluding hydrogens is 318 g/mol. The summed E-state index contributed by atoms with van der Waals surface area (Å²) in [4.78, 5) is 14.9. The Labute approximate surface area is 150 Å². The summed E-state index contributed by atoms with van der Waals surface area (Å²) in [5, 5.41) is 0. The Morgan fingerprint density at radius 3 is 2.72 bits per heavy atom. The predicted molar refractivity (Wildman–Crippen MR) is 96.4 cm³/mol. The molecule has 1 aromatic carbocycles. The Morgan fingerprint density at radius 1 is 1.20 bits per heavy atom. The number of rotatable bonds is 5. The summed E-state index contributed by atoms with van der Waals surface area (Å²) in [7, 11) is 3.15. The molecule has 1 heterocycles. The van der Waals surface area contributed by atoms with E-state index >= 15 is 0 Å². The van der Waals surface area contributed by atoms with Crippen molar-refractivity contribution in [3.8, 4) is 11.5 Å². The Bertz CT molecular complexity index is 583. The van der Waals surface area contributed by atoms with Crippen LogP contribution in [0.25, 0.3) is 0 Å². The Morgan fingerprint density at radius 2 is 2.00 bits per heavy atom. The maximum Gasteiger partial charge on any atom is 0.257 e. The van der Waals surface area contributed by atoms with Crippen LogP contribution in [0.2, 0.25) is 0 Å². The molecule has 2 fully saturated rings. The van der Waals surface area contributed by atoms with Crippen molar-refractivity contribution in [2.24, 2.45) is 5.92 Å². The molecule has 1 saturated heterocycles. The van der Waals surface area contributed by atoms with Crippen LogP contribution in [-0.2, 0) is 4.74 Å². The van der Waals surface area contributed by atoms with E-state index in [1.807, 2.05) is 11.0 Å². The molecule has 1 unspecified atom stereocenters. The van der Waals surface area contributed by atoms with E-state index in [9.17, 15) is 4.79 Å². The molecule has 2 aliphatic rings. The number of ether oxygens (including phenoxy) is 3. The first-order valence-corrected chi connectivity index (χ1v) is 9.34. The van der Waals surface area contributed by atoms with Crippen molar-refractivity contribution in [1.29, 1.82) is 0 Å². The highest BCUT2D eigenvalue weighted by molar-refractivity contribution is 5.97. The summed E-state index contributed by atoms with van der Waals surface area (Å²) in [6.45, 7) is 1.89. The molecule has 5 heteroatoms. The van der Waals surface area contributed by atoms with Gasteiger partial charge in [-0.2, -0.15) is 0 Å². The smallest absolute Gasteiger partial charge is 0.257 e. The van der Waals surface area contributed by atoms with Gasteiger partial charge < -0.3 is 19.1 Å². The third kappa shape index (κ3) is 4.27. The number of hydrogen-bond acceptors (Lipinski definition) is 4. The second-order valence-corrected chi connectivity index (χ2v) is 7.02. The van der Waals surface area contributed by atoms with Gasteiger partial charge >= 0.3 is 0 Å². The maximum absolute atomic E-state index is 13.0. The molecule has 1 aliphatic heterocycles. The summed E-state index contributed by atoms with van der Waals surface area (Å²) in [6.07, 6.45) is 7.86. The molecular formula is C20H29NO4. The van der Waals surface area contributed by atoms with Crippen molar-refractivity contribution in [3.63, 3.8) is 0 Å². The summed E-state index contributed by atoms with van der Waals surface area (Å²) >= 11 is 0. The fourth-order valence-corrected chi connectivity index (χ4v) is 4.07. The van der Waals surface area contributed by atoms with Crippen LogP contribution in [-0.4, -0.2) is 50.8 Å². The molecule has 1 aliphatic carbocycles. The van der Waals surface area contributed by atoms with Crippen LogP contribution in [0.4, 0.5) is 0 Å². The minimum atomic E-state index is -0.00676. The molecule has 0 radical (unpaired) electrons. The molecule has 1 amide bonds. The molecule has 0 N–H and O–H groups in total. The zero-order valence-corrected chi connectivity index (χ0v) is 15.3. The van der Waals surface area contributed by atoms with E-state index in [0.29, 0.717) is 36.8 Å². The van der Waals surface area contributed by atoms with Gasteiger partial charge in [0.25, 0.3) is 5.91 Å². The molecule has 0 bridgehead atoms. The monoisotopic (exact) mass is 347 g/mol. The Balaban J connectivity index is 1.67. The topological polar surface area (TPSA) is 48.0 Å². The summed E-state index contributed by atoms with van der Waals surface area (Å²) < 4.78 is 16.7. The fraction of sp³-hybridized carbons (Fsp3) is 0.650. The van der Waals surface area contributed by atoms with Gasteiger partial charge in [0.05, 0.1) is 32.5 Å². The zero-order chi connectivity index (χ0) is 17.6. The van der Waals surface area contributed by atoms with Crippen molar-refractivity contribution in [1.82, 2.24) is 4.90 Å². The molecule has 1 saturated carbocycles. The van der Waals surface area contributed by atoms with Gasteiger partial charge in [0, 0.05) is 13.1 Å². The van der Waals surface area contributed by atoms with Crippen molar-refractivity contribution >= 4 is 5.91 Å². The van der Waals surface area contributed by atoms with Gasteiger partial charge in [0.15, 0.2) is 11.5 Å². The second-order valence-electron chi connectivity index (χ2n) is 7.02. The Hall–Kier alpha value is -1.75. The van der Waals surface area contributed by atoms with Crippen LogP contribution in [0.15, 0.2) is 18.2 Å². The average molecular weight is 347 g/mol. The lowest BCUT2D eigenvalue weighted by Gasteiger charge is -2.35. The second kappa shape index (κ2) is 8.56. The van der Waals surface area contributed by atoms with E-state index in [1.165, 1.54) is 32.1 Å². The van der Waals surface area contributed by atoms with Gasteiger partial charge in [-0.3, -0.25) is 4.79 Å². The van der Waals surface area contributed by atoms with Gasteiger partial charge in [-0.25, -0.2) is 0 Å². The van der Waals surface area contributed by atoms with Gasteiger partial charge in [-0.05, 0) is 24.5 Å². The third-order valence-corrected chi connectivity index (χ3v) is 5.38. The number of benzene rings is 1. The van der Waals surface area contributed by atoms with Crippen molar-refractivity contribution < 1.29 is 19.0 Å². The minimum Gasteiger partial charge on any atom is -0.493 e. The van der Waals surface area contributed by atoms with Crippen molar-refractivity contribution in [2.45, 2.75) is 44.6 Å². The Kier molecular flexibility index (Phi) is 6.19. The maximum atomic E-state index is 13.0. The van der Waals surface area contributed by atoms with Crippen LogP contribution in [0, 0.1) is 5.92 Å². The van der Waals surface area contributed by atoms with Crippen molar-refractivity contribution in [3.05, 3.63) is 23.8 Å². The van der Waals surface area contributed by atoms with Crippen LogP contribution >= 0.6 is 0 Å². The highest BCUT2D eigenvalue weighted by Gasteiger charge is 2.29. The molecule has 1 atom stereocenters. The SMILES string of the molecule is COc1cccc(C(=O)N2CCOC(CC3CCCCC3)C2)c1OC. The fourth-order valence-electron chi connectivity index (χ4n) is 4.07. The summed E-state index contributed by atoms with van der Waals surface area (Å²) in [5.41, 5.74) is 0.556. The van der Waals surface area contributed by atoms with Gasteiger partial charge in [-0.1, -0.05) is 38.2 Å². The number of para-hydroxylation sites is 1. The predicted octanol–water partition coefficient (Wildman–Crippen LogP) is 3.52. The standard InChI is InChI=1S/C20H29NO4/c1-23-18-10-6-9-17(19(18)24-2)20(22)21-11-12-25-16(14-21)13-15-7-4-3-5-8-15/h6,9-10,15-16H,3-5,7-8,11-14H2,1-2H3. The van der Waals surface area contributed by atoms with E-state index < -0.39 is 0 Å².